The molecule has 0 amide bonds. The van der Waals surface area contributed by atoms with Gasteiger partial charge in [-0.15, -0.1) is 0 Å². The Morgan fingerprint density at radius 2 is 1.67 bits per heavy atom. The standard InChI is InChI=1S/C20H22O4/c1-2-3-5-14-18(19(22)16-12-8-9-13-17(16)21)24-20(23)15-10-6-4-7-11-15/h4,6-13,18,21H,2-3,5,14H2,1H3. The molecule has 2 aromatic rings. The minimum atomic E-state index is -0.891. The summed E-state index contributed by atoms with van der Waals surface area (Å²) in [5.74, 6) is -0.992. The Hall–Kier alpha value is -2.62. The zero-order chi connectivity index (χ0) is 17.4. The fourth-order valence-corrected chi connectivity index (χ4v) is 2.45. The van der Waals surface area contributed by atoms with Crippen molar-refractivity contribution < 1.29 is 19.4 Å². The van der Waals surface area contributed by atoms with Crippen LogP contribution in [0, 0.1) is 0 Å². The number of aromatic hydroxyl groups is 1. The molecule has 0 saturated carbocycles. The molecule has 24 heavy (non-hydrogen) atoms. The van der Waals surface area contributed by atoms with E-state index in [9.17, 15) is 14.7 Å². The number of ether oxygens (including phenoxy) is 1. The van der Waals surface area contributed by atoms with Gasteiger partial charge < -0.3 is 9.84 Å². The van der Waals surface area contributed by atoms with Crippen LogP contribution in [0.3, 0.4) is 0 Å². The van der Waals surface area contributed by atoms with Gasteiger partial charge in [0.1, 0.15) is 5.75 Å². The topological polar surface area (TPSA) is 63.6 Å². The van der Waals surface area contributed by atoms with Crippen LogP contribution in [0.1, 0.15) is 53.3 Å². The van der Waals surface area contributed by atoms with Crippen molar-refractivity contribution >= 4 is 11.8 Å². The summed E-state index contributed by atoms with van der Waals surface area (Å²) in [6.07, 6.45) is 2.29. The first-order chi connectivity index (χ1) is 11.6. The molecule has 1 N–H and O–H groups in total. The van der Waals surface area contributed by atoms with Crippen LogP contribution >= 0.6 is 0 Å². The molecule has 1 atom stereocenters. The Kier molecular flexibility index (Phi) is 6.55. The average molecular weight is 326 g/mol. The highest BCUT2D eigenvalue weighted by molar-refractivity contribution is 6.03. The van der Waals surface area contributed by atoms with Gasteiger partial charge in [-0.1, -0.05) is 50.1 Å². The highest BCUT2D eigenvalue weighted by atomic mass is 16.5. The smallest absolute Gasteiger partial charge is 0.338 e. The maximum atomic E-state index is 12.7. The van der Waals surface area contributed by atoms with Gasteiger partial charge in [-0.2, -0.15) is 0 Å². The fraction of sp³-hybridized carbons (Fsp3) is 0.300. The summed E-state index contributed by atoms with van der Waals surface area (Å²) in [5, 5.41) is 9.89. The van der Waals surface area contributed by atoms with Crippen LogP contribution in [-0.4, -0.2) is 23.0 Å². The van der Waals surface area contributed by atoms with E-state index in [1.54, 1.807) is 42.5 Å². The Balaban J connectivity index is 2.16. The number of ketones is 1. The van der Waals surface area contributed by atoms with Gasteiger partial charge in [0, 0.05) is 0 Å². The van der Waals surface area contributed by atoms with E-state index < -0.39 is 12.1 Å². The van der Waals surface area contributed by atoms with Crippen molar-refractivity contribution in [2.24, 2.45) is 0 Å². The average Bonchev–Trinajstić information content (AvgIpc) is 2.61. The van der Waals surface area contributed by atoms with Gasteiger partial charge >= 0.3 is 5.97 Å². The molecule has 0 heterocycles. The second-order valence-electron chi connectivity index (χ2n) is 5.64. The van der Waals surface area contributed by atoms with Crippen LogP contribution in [0.2, 0.25) is 0 Å². The van der Waals surface area contributed by atoms with Gasteiger partial charge in [-0.05, 0) is 37.1 Å². The normalized spacial score (nSPS) is 11.7. The lowest BCUT2D eigenvalue weighted by atomic mass is 10.0. The quantitative estimate of drug-likeness (QED) is 0.444. The van der Waals surface area contributed by atoms with Crippen LogP contribution in [0.5, 0.6) is 5.75 Å². The minimum absolute atomic E-state index is 0.0984. The first-order valence-corrected chi connectivity index (χ1v) is 8.21. The van der Waals surface area contributed by atoms with Crippen molar-refractivity contribution in [1.29, 1.82) is 0 Å². The second kappa shape index (κ2) is 8.87. The molecule has 0 radical (unpaired) electrons. The molecular formula is C20H22O4. The molecule has 0 aliphatic heterocycles. The lowest BCUT2D eigenvalue weighted by Gasteiger charge is -2.17. The molecule has 0 aliphatic rings. The molecule has 0 spiro atoms. The Morgan fingerprint density at radius 1 is 1.00 bits per heavy atom. The summed E-state index contributed by atoms with van der Waals surface area (Å²) in [6, 6.07) is 14.9. The summed E-state index contributed by atoms with van der Waals surface area (Å²) in [5.41, 5.74) is 0.586. The van der Waals surface area contributed by atoms with Crippen molar-refractivity contribution in [3.05, 3.63) is 65.7 Å². The van der Waals surface area contributed by atoms with Crippen molar-refractivity contribution in [2.75, 3.05) is 0 Å². The number of Topliss-reactive ketones (excluding diaryl/α,β-unsaturated/α-hetero) is 1. The van der Waals surface area contributed by atoms with E-state index in [1.165, 1.54) is 6.07 Å². The van der Waals surface area contributed by atoms with E-state index in [1.807, 2.05) is 6.07 Å². The number of esters is 1. The monoisotopic (exact) mass is 326 g/mol. The summed E-state index contributed by atoms with van der Waals surface area (Å²) in [6.45, 7) is 2.07. The zero-order valence-corrected chi connectivity index (χ0v) is 13.8. The predicted octanol–water partition coefficient (Wildman–Crippen LogP) is 4.38. The number of carbonyl (C=O) groups excluding carboxylic acids is 2. The maximum absolute atomic E-state index is 12.7. The molecule has 2 rings (SSSR count). The van der Waals surface area contributed by atoms with Gasteiger partial charge in [0.25, 0.3) is 0 Å². The van der Waals surface area contributed by atoms with Gasteiger partial charge in [-0.3, -0.25) is 4.79 Å². The zero-order valence-electron chi connectivity index (χ0n) is 13.8. The van der Waals surface area contributed by atoms with Crippen LogP contribution in [0.25, 0.3) is 0 Å². The number of rotatable bonds is 8. The van der Waals surface area contributed by atoms with Crippen LogP contribution < -0.4 is 0 Å². The fourth-order valence-electron chi connectivity index (χ4n) is 2.45. The van der Waals surface area contributed by atoms with E-state index in [4.69, 9.17) is 4.74 Å². The van der Waals surface area contributed by atoms with E-state index in [0.717, 1.165) is 19.3 Å². The first-order valence-electron chi connectivity index (χ1n) is 8.21. The Morgan fingerprint density at radius 3 is 2.33 bits per heavy atom. The SMILES string of the molecule is CCCCCC(OC(=O)c1ccccc1)C(=O)c1ccccc1O. The first kappa shape index (κ1) is 17.7. The third-order valence-corrected chi connectivity index (χ3v) is 3.79. The lowest BCUT2D eigenvalue weighted by Crippen LogP contribution is -2.27. The molecule has 0 fully saturated rings. The number of hydrogen-bond acceptors (Lipinski definition) is 4. The largest absolute Gasteiger partial charge is 0.507 e. The molecule has 0 bridgehead atoms. The molecule has 1 unspecified atom stereocenters. The molecule has 4 heteroatoms. The summed E-state index contributed by atoms with van der Waals surface area (Å²) >= 11 is 0. The molecule has 0 aromatic heterocycles. The van der Waals surface area contributed by atoms with Gasteiger partial charge in [0.15, 0.2) is 6.10 Å². The number of para-hydroxylation sites is 1. The van der Waals surface area contributed by atoms with Crippen molar-refractivity contribution in [1.82, 2.24) is 0 Å². The third-order valence-electron chi connectivity index (χ3n) is 3.79. The van der Waals surface area contributed by atoms with Gasteiger partial charge in [0.05, 0.1) is 11.1 Å². The predicted molar refractivity (Wildman–Crippen MR) is 92.2 cm³/mol. The minimum Gasteiger partial charge on any atom is -0.507 e. The van der Waals surface area contributed by atoms with Crippen molar-refractivity contribution in [2.45, 2.75) is 38.7 Å². The van der Waals surface area contributed by atoms with Crippen LogP contribution in [0.4, 0.5) is 0 Å². The van der Waals surface area contributed by atoms with E-state index in [0.29, 0.717) is 12.0 Å². The van der Waals surface area contributed by atoms with E-state index in [2.05, 4.69) is 6.92 Å². The Bertz CT molecular complexity index is 679. The molecule has 4 nitrogen and oxygen atoms in total. The molecule has 126 valence electrons. The number of carbonyl (C=O) groups is 2. The summed E-state index contributed by atoms with van der Waals surface area (Å²) in [4.78, 5) is 25.0. The lowest BCUT2D eigenvalue weighted by molar-refractivity contribution is 0.0261. The van der Waals surface area contributed by atoms with Gasteiger partial charge in [0.2, 0.25) is 5.78 Å². The van der Waals surface area contributed by atoms with Crippen molar-refractivity contribution in [3.63, 3.8) is 0 Å². The second-order valence-corrected chi connectivity index (χ2v) is 5.64. The summed E-state index contributed by atoms with van der Waals surface area (Å²) in [7, 11) is 0. The number of hydrogen-bond donors (Lipinski definition) is 1. The number of phenolic OH excluding ortho intramolecular Hbond substituents is 1. The number of phenols is 1. The molecule has 0 aliphatic carbocycles. The molecular weight excluding hydrogens is 304 g/mol. The molecule has 2 aromatic carbocycles. The number of unbranched alkanes of at least 4 members (excludes halogenated alkanes) is 2. The highest BCUT2D eigenvalue weighted by Gasteiger charge is 2.26. The summed E-state index contributed by atoms with van der Waals surface area (Å²) < 4.78 is 5.45. The van der Waals surface area contributed by atoms with E-state index >= 15 is 0 Å². The number of benzene rings is 2. The van der Waals surface area contributed by atoms with E-state index in [-0.39, 0.29) is 17.1 Å². The molecule has 0 saturated heterocycles. The third kappa shape index (κ3) is 4.69. The highest BCUT2D eigenvalue weighted by Crippen LogP contribution is 2.21. The van der Waals surface area contributed by atoms with Crippen molar-refractivity contribution in [3.8, 4) is 5.75 Å². The van der Waals surface area contributed by atoms with Gasteiger partial charge in [-0.25, -0.2) is 4.79 Å². The van der Waals surface area contributed by atoms with Crippen LogP contribution in [-0.2, 0) is 4.74 Å². The Labute approximate surface area is 142 Å². The maximum Gasteiger partial charge on any atom is 0.338 e. The van der Waals surface area contributed by atoms with Crippen LogP contribution in [0.15, 0.2) is 54.6 Å².